The fourth-order valence-electron chi connectivity index (χ4n) is 3.33. The molecule has 2 aromatic heterocycles. The molecule has 0 aliphatic carbocycles. The van der Waals surface area contributed by atoms with E-state index in [0.29, 0.717) is 11.3 Å². The summed E-state index contributed by atoms with van der Waals surface area (Å²) in [6.07, 6.45) is 1.43. The Hall–Kier alpha value is -4.91. The van der Waals surface area contributed by atoms with Crippen molar-refractivity contribution in [1.82, 2.24) is 15.0 Å². The number of carbonyl (C=O) groups is 1. The van der Waals surface area contributed by atoms with E-state index in [0.717, 1.165) is 5.56 Å². The van der Waals surface area contributed by atoms with Gasteiger partial charge in [0.15, 0.2) is 34.8 Å². The quantitative estimate of drug-likeness (QED) is 0.278. The summed E-state index contributed by atoms with van der Waals surface area (Å²) < 4.78 is 51.0. The molecular formula is C26H24N4O8S. The number of pyridine rings is 1. The Morgan fingerprint density at radius 1 is 0.974 bits per heavy atom. The van der Waals surface area contributed by atoms with Crippen LogP contribution in [0.15, 0.2) is 71.9 Å². The smallest absolute Gasteiger partial charge is 0.341 e. The molecule has 12 nitrogen and oxygen atoms in total. The number of aryl methyl sites for hydroxylation is 1. The summed E-state index contributed by atoms with van der Waals surface area (Å²) in [5, 5.41) is 8.68. The largest absolute Gasteiger partial charge is 0.493 e. The number of carboxylic acids is 1. The third-order valence-electron chi connectivity index (χ3n) is 5.15. The number of nitrogens with one attached hydrogen (secondary N) is 1. The van der Waals surface area contributed by atoms with Gasteiger partial charge >= 0.3 is 5.97 Å². The second-order valence-corrected chi connectivity index (χ2v) is 9.61. The summed E-state index contributed by atoms with van der Waals surface area (Å²) in [5.41, 5.74) is 1.18. The topological polar surface area (TPSA) is 159 Å². The van der Waals surface area contributed by atoms with Crippen LogP contribution in [0, 0.1) is 6.92 Å². The zero-order valence-electron chi connectivity index (χ0n) is 21.1. The predicted octanol–water partition coefficient (Wildman–Crippen LogP) is 3.92. The number of rotatable bonds is 11. The number of aliphatic carboxylic acids is 1. The molecule has 2 aromatic carbocycles. The van der Waals surface area contributed by atoms with Gasteiger partial charge in [-0.1, -0.05) is 30.3 Å². The number of carboxylic acid groups (broad SMARTS) is 1. The van der Waals surface area contributed by atoms with Crippen LogP contribution < -0.4 is 23.7 Å². The Morgan fingerprint density at radius 2 is 1.74 bits per heavy atom. The van der Waals surface area contributed by atoms with Crippen molar-refractivity contribution in [1.29, 1.82) is 0 Å². The average Bonchev–Trinajstić information content (AvgIpc) is 2.93. The van der Waals surface area contributed by atoms with Gasteiger partial charge in [0.05, 0.1) is 14.2 Å². The monoisotopic (exact) mass is 552 g/mol. The van der Waals surface area contributed by atoms with Crippen molar-refractivity contribution < 1.29 is 37.3 Å². The summed E-state index contributed by atoms with van der Waals surface area (Å²) in [7, 11) is -1.41. The van der Waals surface area contributed by atoms with Gasteiger partial charge in [0.1, 0.15) is 5.75 Å². The molecule has 0 saturated heterocycles. The van der Waals surface area contributed by atoms with Crippen LogP contribution in [0.2, 0.25) is 0 Å². The van der Waals surface area contributed by atoms with Crippen LogP contribution in [0.4, 0.5) is 5.82 Å². The number of ether oxygens (including phenoxy) is 4. The van der Waals surface area contributed by atoms with Crippen LogP contribution in [-0.2, 0) is 14.8 Å². The Kier molecular flexibility index (Phi) is 8.10. The van der Waals surface area contributed by atoms with Crippen molar-refractivity contribution in [2.45, 2.75) is 11.9 Å². The van der Waals surface area contributed by atoms with Gasteiger partial charge in [0.2, 0.25) is 5.75 Å². The maximum absolute atomic E-state index is 13.3. The van der Waals surface area contributed by atoms with Gasteiger partial charge in [-0.3, -0.25) is 4.72 Å². The van der Waals surface area contributed by atoms with Gasteiger partial charge in [-0.25, -0.2) is 14.8 Å². The molecule has 0 fully saturated rings. The van der Waals surface area contributed by atoms with Gasteiger partial charge in [0.25, 0.3) is 15.9 Å². The number of hydrogen-bond acceptors (Lipinski definition) is 10. The summed E-state index contributed by atoms with van der Waals surface area (Å²) in [5.74, 6) is -0.655. The van der Waals surface area contributed by atoms with Gasteiger partial charge in [0, 0.05) is 11.8 Å². The summed E-state index contributed by atoms with van der Waals surface area (Å²) in [6, 6.07) is 16.0. The van der Waals surface area contributed by atoms with Crippen LogP contribution >= 0.6 is 0 Å². The predicted molar refractivity (Wildman–Crippen MR) is 140 cm³/mol. The summed E-state index contributed by atoms with van der Waals surface area (Å²) in [6.45, 7) is 1.24. The third-order valence-corrected chi connectivity index (χ3v) is 6.41. The molecule has 2 heterocycles. The first-order valence-corrected chi connectivity index (χ1v) is 12.9. The zero-order chi connectivity index (χ0) is 28.0. The van der Waals surface area contributed by atoms with E-state index in [1.165, 1.54) is 32.5 Å². The van der Waals surface area contributed by atoms with Crippen molar-refractivity contribution >= 4 is 21.8 Å². The normalized spacial score (nSPS) is 10.9. The number of para-hydroxylation sites is 2. The lowest BCUT2D eigenvalue weighted by Gasteiger charge is -2.17. The first-order chi connectivity index (χ1) is 18.7. The van der Waals surface area contributed by atoms with E-state index in [4.69, 9.17) is 24.1 Å². The first kappa shape index (κ1) is 27.1. The Labute approximate surface area is 224 Å². The van der Waals surface area contributed by atoms with E-state index in [2.05, 4.69) is 19.7 Å². The molecular weight excluding hydrogens is 528 g/mol. The second kappa shape index (κ2) is 11.6. The highest BCUT2D eigenvalue weighted by molar-refractivity contribution is 7.92. The molecule has 4 rings (SSSR count). The molecule has 0 spiro atoms. The van der Waals surface area contributed by atoms with Gasteiger partial charge in [-0.05, 0) is 42.8 Å². The van der Waals surface area contributed by atoms with Crippen molar-refractivity contribution in [2.75, 3.05) is 25.5 Å². The highest BCUT2D eigenvalue weighted by Gasteiger charge is 2.25. The van der Waals surface area contributed by atoms with E-state index in [9.17, 15) is 13.2 Å². The molecule has 39 heavy (non-hydrogen) atoms. The first-order valence-electron chi connectivity index (χ1n) is 11.4. The lowest BCUT2D eigenvalue weighted by atomic mass is 10.2. The molecule has 0 unspecified atom stereocenters. The van der Waals surface area contributed by atoms with Crippen molar-refractivity contribution in [2.24, 2.45) is 0 Å². The molecule has 0 atom stereocenters. The maximum Gasteiger partial charge on any atom is 0.341 e. The van der Waals surface area contributed by atoms with Crippen LogP contribution in [0.3, 0.4) is 0 Å². The van der Waals surface area contributed by atoms with Crippen LogP contribution in [0.1, 0.15) is 5.56 Å². The minimum absolute atomic E-state index is 0.0505. The average molecular weight is 553 g/mol. The number of sulfonamides is 1. The molecule has 2 N–H and O–H groups in total. The number of hydrogen-bond donors (Lipinski definition) is 2. The fraction of sp³-hybridized carbons (Fsp3) is 0.154. The fourth-order valence-corrected chi connectivity index (χ4v) is 4.27. The lowest BCUT2D eigenvalue weighted by molar-refractivity contribution is -0.139. The van der Waals surface area contributed by atoms with Crippen molar-refractivity contribution in [3.63, 3.8) is 0 Å². The molecule has 0 amide bonds. The molecule has 0 aliphatic rings. The highest BCUT2D eigenvalue weighted by Crippen LogP contribution is 2.41. The molecule has 0 saturated carbocycles. The van der Waals surface area contributed by atoms with Crippen LogP contribution in [0.5, 0.6) is 28.9 Å². The molecule has 0 bridgehead atoms. The SMILES string of the molecule is COc1ccccc1Oc1c(NS(=O)(=O)c2ccc(C)cn2)nc(-c2cccc(OCC(=O)O)c2)nc1OC. The van der Waals surface area contributed by atoms with Crippen LogP contribution in [0.25, 0.3) is 11.4 Å². The Morgan fingerprint density at radius 3 is 2.41 bits per heavy atom. The van der Waals surface area contributed by atoms with Gasteiger partial charge in [-0.15, -0.1) is 0 Å². The van der Waals surface area contributed by atoms with E-state index >= 15 is 0 Å². The summed E-state index contributed by atoms with van der Waals surface area (Å²) >= 11 is 0. The third kappa shape index (κ3) is 6.51. The van der Waals surface area contributed by atoms with Crippen molar-refractivity contribution in [3.05, 3.63) is 72.4 Å². The number of methoxy groups -OCH3 is 2. The number of nitrogens with zero attached hydrogens (tertiary/aromatic N) is 3. The molecule has 13 heteroatoms. The number of anilines is 1. The minimum atomic E-state index is -4.22. The van der Waals surface area contributed by atoms with Gasteiger partial charge in [-0.2, -0.15) is 13.4 Å². The van der Waals surface area contributed by atoms with E-state index in [1.54, 1.807) is 55.5 Å². The number of aromatic nitrogens is 3. The molecule has 0 radical (unpaired) electrons. The number of benzene rings is 2. The Bertz CT molecular complexity index is 1590. The summed E-state index contributed by atoms with van der Waals surface area (Å²) in [4.78, 5) is 23.7. The maximum atomic E-state index is 13.3. The standard InChI is InChI=1S/C26H24N4O8S/c1-16-11-12-21(27-14-16)39(33,34)30-25-23(38-20-10-5-4-9-19(20)35-2)26(36-3)29-24(28-25)17-7-6-8-18(13-17)37-15-22(31)32/h4-14H,15H2,1-3H3,(H,31,32)(H,28,29,30). The molecule has 0 aliphatic heterocycles. The lowest BCUT2D eigenvalue weighted by Crippen LogP contribution is -2.17. The van der Waals surface area contributed by atoms with Gasteiger partial charge < -0.3 is 24.1 Å². The molecule has 4 aromatic rings. The van der Waals surface area contributed by atoms with E-state index < -0.39 is 22.6 Å². The Balaban J connectivity index is 1.84. The van der Waals surface area contributed by atoms with Crippen molar-refractivity contribution in [3.8, 4) is 40.3 Å². The van der Waals surface area contributed by atoms with E-state index in [-0.39, 0.29) is 39.8 Å². The second-order valence-electron chi connectivity index (χ2n) is 7.98. The molecule has 202 valence electrons. The zero-order valence-corrected chi connectivity index (χ0v) is 21.9. The van der Waals surface area contributed by atoms with E-state index in [1.807, 2.05) is 0 Å². The highest BCUT2D eigenvalue weighted by atomic mass is 32.2. The minimum Gasteiger partial charge on any atom is -0.493 e. The van der Waals surface area contributed by atoms with Crippen LogP contribution in [-0.4, -0.2) is 55.3 Å².